The van der Waals surface area contributed by atoms with Crippen LogP contribution in [0.25, 0.3) is 0 Å². The first-order valence-electron chi connectivity index (χ1n) is 9.48. The third-order valence-corrected chi connectivity index (χ3v) is 5.51. The minimum absolute atomic E-state index is 0.00603. The summed E-state index contributed by atoms with van der Waals surface area (Å²) in [6.45, 7) is 3.77. The molecule has 9 heteroatoms. The zero-order valence-electron chi connectivity index (χ0n) is 16.6. The van der Waals surface area contributed by atoms with Crippen molar-refractivity contribution < 1.29 is 9.18 Å². The Hall–Kier alpha value is -2.58. The van der Waals surface area contributed by atoms with Crippen LogP contribution in [-0.2, 0) is 0 Å². The number of hydrogen-bond acceptors (Lipinski definition) is 6. The Morgan fingerprint density at radius 3 is 2.79 bits per heavy atom. The van der Waals surface area contributed by atoms with Crippen LogP contribution >= 0.6 is 11.6 Å². The van der Waals surface area contributed by atoms with Crippen LogP contribution in [0.1, 0.15) is 30.6 Å². The first-order chi connectivity index (χ1) is 13.7. The van der Waals surface area contributed by atoms with Gasteiger partial charge in [0.15, 0.2) is 11.6 Å². The number of pyridine rings is 1. The van der Waals surface area contributed by atoms with Gasteiger partial charge in [-0.1, -0.05) is 6.92 Å². The summed E-state index contributed by atoms with van der Waals surface area (Å²) < 4.78 is 14.5. The van der Waals surface area contributed by atoms with Crippen LogP contribution in [0.2, 0.25) is 0 Å². The average molecular weight is 421 g/mol. The second-order valence-corrected chi connectivity index (χ2v) is 7.86. The highest BCUT2D eigenvalue weighted by Crippen LogP contribution is 2.32. The van der Waals surface area contributed by atoms with E-state index in [4.69, 9.17) is 23.1 Å². The van der Waals surface area contributed by atoms with Gasteiger partial charge in [-0.25, -0.2) is 9.37 Å². The summed E-state index contributed by atoms with van der Waals surface area (Å²) in [7, 11) is 1.96. The number of carbonyl (C=O) groups excluding carboxylic acids is 1. The number of alkyl halides is 1. The average Bonchev–Trinajstić information content (AvgIpc) is 3.02. The summed E-state index contributed by atoms with van der Waals surface area (Å²) in [5.74, 6) is -1.29. The van der Waals surface area contributed by atoms with Gasteiger partial charge in [0.25, 0.3) is 5.91 Å². The van der Waals surface area contributed by atoms with E-state index in [0.717, 1.165) is 11.6 Å². The van der Waals surface area contributed by atoms with Crippen LogP contribution in [0.5, 0.6) is 0 Å². The molecule has 2 heterocycles. The summed E-state index contributed by atoms with van der Waals surface area (Å²) in [6, 6.07) is 0.744. The number of hydrogen-bond donors (Lipinski definition) is 4. The molecule has 0 fully saturated rings. The molecule has 0 radical (unpaired) electrons. The van der Waals surface area contributed by atoms with Gasteiger partial charge in [0.05, 0.1) is 17.0 Å². The Morgan fingerprint density at radius 2 is 2.17 bits per heavy atom. The van der Waals surface area contributed by atoms with Crippen molar-refractivity contribution in [1.29, 1.82) is 0 Å². The van der Waals surface area contributed by atoms with Gasteiger partial charge in [-0.15, -0.1) is 11.6 Å². The second kappa shape index (κ2) is 8.42. The molecule has 1 aliphatic heterocycles. The van der Waals surface area contributed by atoms with Crippen LogP contribution in [0.15, 0.2) is 41.8 Å². The highest BCUT2D eigenvalue weighted by Gasteiger charge is 2.31. The number of anilines is 2. The number of aromatic nitrogens is 1. The first-order valence-corrected chi connectivity index (χ1v) is 9.92. The fraction of sp³-hybridized carbons (Fsp3) is 0.400. The number of nitrogens with one attached hydrogen (secondary N) is 2. The summed E-state index contributed by atoms with van der Waals surface area (Å²) in [5, 5.41) is 5.80. The van der Waals surface area contributed by atoms with E-state index in [1.807, 2.05) is 50.2 Å². The van der Waals surface area contributed by atoms with E-state index in [2.05, 4.69) is 15.6 Å². The zero-order chi connectivity index (χ0) is 21.3. The van der Waals surface area contributed by atoms with Crippen LogP contribution in [0, 0.1) is 5.82 Å². The lowest BCUT2D eigenvalue weighted by Gasteiger charge is -2.29. The van der Waals surface area contributed by atoms with Crippen molar-refractivity contribution in [2.75, 3.05) is 17.7 Å². The molecule has 0 saturated heterocycles. The lowest BCUT2D eigenvalue weighted by Crippen LogP contribution is -2.38. The normalized spacial score (nSPS) is 22.5. The molecule has 1 aromatic rings. The molecule has 156 valence electrons. The van der Waals surface area contributed by atoms with Gasteiger partial charge in [0.2, 0.25) is 0 Å². The Bertz CT molecular complexity index is 897. The van der Waals surface area contributed by atoms with Gasteiger partial charge in [0.1, 0.15) is 5.82 Å². The number of likely N-dealkylation sites (N-methyl/N-ethyl adjacent to an activating group) is 1. The Balaban J connectivity index is 1.93. The summed E-state index contributed by atoms with van der Waals surface area (Å²) in [5.41, 5.74) is 13.0. The van der Waals surface area contributed by atoms with Crippen LogP contribution in [-0.4, -0.2) is 46.3 Å². The maximum absolute atomic E-state index is 14.5. The summed E-state index contributed by atoms with van der Waals surface area (Å²) >= 11 is 6.52. The Kier molecular flexibility index (Phi) is 6.14. The van der Waals surface area contributed by atoms with Gasteiger partial charge in [-0.05, 0) is 49.4 Å². The van der Waals surface area contributed by atoms with E-state index in [1.165, 1.54) is 0 Å². The van der Waals surface area contributed by atoms with E-state index in [-0.39, 0.29) is 40.7 Å². The van der Waals surface area contributed by atoms with E-state index >= 15 is 0 Å². The topological polar surface area (TPSA) is 109 Å². The fourth-order valence-electron chi connectivity index (χ4n) is 3.53. The molecule has 2 aliphatic rings. The van der Waals surface area contributed by atoms with Crippen molar-refractivity contribution in [3.05, 3.63) is 53.1 Å². The molecule has 7 nitrogen and oxygen atoms in total. The molecule has 0 spiro atoms. The third kappa shape index (κ3) is 4.38. The standard InChI is InChI=1S/C20H26ClFN6O/c1-4-16(10(2)23)26-20-15(22)9-13(18(24)29)19(27-20)25-12-7-11-5-6-28(3)17(11)14(21)8-12/h5-10,14,16-17H,4,23H2,1-3H3,(H2,24,29)(H2,25,26,27)/t10-,14?,16+,17?/m0/s1. The molecule has 29 heavy (non-hydrogen) atoms. The SMILES string of the molecule is CC[C@@H](Nc1nc(NC2=CC(Cl)C3C(=C2)C=CN3C)c(C(N)=O)cc1F)[C@H](C)N. The fourth-order valence-corrected chi connectivity index (χ4v) is 3.99. The molecular weight excluding hydrogens is 395 g/mol. The Morgan fingerprint density at radius 1 is 1.45 bits per heavy atom. The van der Waals surface area contributed by atoms with Crippen molar-refractivity contribution in [2.45, 2.75) is 43.8 Å². The predicted octanol–water partition coefficient (Wildman–Crippen LogP) is 2.53. The monoisotopic (exact) mass is 420 g/mol. The molecule has 1 aliphatic carbocycles. The van der Waals surface area contributed by atoms with Gasteiger partial charge in [0, 0.05) is 24.8 Å². The first kappa shape index (κ1) is 21.1. The zero-order valence-corrected chi connectivity index (χ0v) is 17.4. The largest absolute Gasteiger partial charge is 0.372 e. The number of halogens is 2. The predicted molar refractivity (Wildman–Crippen MR) is 114 cm³/mol. The summed E-state index contributed by atoms with van der Waals surface area (Å²) in [4.78, 5) is 18.2. The third-order valence-electron chi connectivity index (χ3n) is 5.15. The molecule has 0 bridgehead atoms. The van der Waals surface area contributed by atoms with Crippen LogP contribution < -0.4 is 22.1 Å². The lowest BCUT2D eigenvalue weighted by atomic mass is 9.98. The molecule has 0 aromatic carbocycles. The van der Waals surface area contributed by atoms with E-state index in [1.54, 1.807) is 0 Å². The highest BCUT2D eigenvalue weighted by atomic mass is 35.5. The molecule has 2 unspecified atom stereocenters. The molecule has 0 saturated carbocycles. The molecule has 1 amide bonds. The number of primary amides is 1. The number of nitrogens with zero attached hydrogens (tertiary/aromatic N) is 2. The van der Waals surface area contributed by atoms with Crippen molar-refractivity contribution in [2.24, 2.45) is 11.5 Å². The highest BCUT2D eigenvalue weighted by molar-refractivity contribution is 6.22. The number of nitrogens with two attached hydrogens (primary N) is 2. The lowest BCUT2D eigenvalue weighted by molar-refractivity contribution is 0.100. The number of carbonyl (C=O) groups is 1. The van der Waals surface area contributed by atoms with Crippen molar-refractivity contribution in [3.63, 3.8) is 0 Å². The molecule has 4 atom stereocenters. The van der Waals surface area contributed by atoms with Crippen LogP contribution in [0.3, 0.4) is 0 Å². The number of fused-ring (bicyclic) bond motifs is 1. The van der Waals surface area contributed by atoms with Gasteiger partial charge >= 0.3 is 0 Å². The number of rotatable bonds is 7. The second-order valence-electron chi connectivity index (χ2n) is 7.36. The quantitative estimate of drug-likeness (QED) is 0.505. The van der Waals surface area contributed by atoms with E-state index < -0.39 is 11.7 Å². The van der Waals surface area contributed by atoms with Gasteiger partial charge in [-0.2, -0.15) is 0 Å². The van der Waals surface area contributed by atoms with Gasteiger partial charge < -0.3 is 27.0 Å². The minimum Gasteiger partial charge on any atom is -0.372 e. The molecule has 1 aromatic heterocycles. The maximum Gasteiger partial charge on any atom is 0.252 e. The minimum atomic E-state index is -0.783. The van der Waals surface area contributed by atoms with Crippen molar-refractivity contribution in [3.8, 4) is 0 Å². The van der Waals surface area contributed by atoms with Gasteiger partial charge in [-0.3, -0.25) is 4.79 Å². The molecule has 6 N–H and O–H groups in total. The number of amides is 1. The van der Waals surface area contributed by atoms with Crippen molar-refractivity contribution in [1.82, 2.24) is 9.88 Å². The molecule has 3 rings (SSSR count). The van der Waals surface area contributed by atoms with E-state index in [0.29, 0.717) is 12.1 Å². The van der Waals surface area contributed by atoms with E-state index in [9.17, 15) is 9.18 Å². The Labute approximate surface area is 174 Å². The number of allylic oxidation sites excluding steroid dienone is 1. The smallest absolute Gasteiger partial charge is 0.252 e. The van der Waals surface area contributed by atoms with Crippen molar-refractivity contribution >= 4 is 29.1 Å². The molecular formula is C20H26ClFN6O. The van der Waals surface area contributed by atoms with Crippen LogP contribution in [0.4, 0.5) is 16.0 Å². The summed E-state index contributed by atoms with van der Waals surface area (Å²) in [6.07, 6.45) is 8.37. The maximum atomic E-state index is 14.5.